The first kappa shape index (κ1) is 23.2. The third-order valence-corrected chi connectivity index (χ3v) is 8.83. The number of rotatable bonds is 3. The first-order chi connectivity index (χ1) is 17.4. The number of halogens is 1. The average Bonchev–Trinajstić information content (AvgIpc) is 3.58. The van der Waals surface area contributed by atoms with Gasteiger partial charge in [-0.05, 0) is 62.9 Å². The van der Waals surface area contributed by atoms with E-state index in [0.29, 0.717) is 31.5 Å². The van der Waals surface area contributed by atoms with Crippen molar-refractivity contribution in [1.82, 2.24) is 20.0 Å². The van der Waals surface area contributed by atoms with Crippen LogP contribution in [0, 0.1) is 0 Å². The molecule has 0 radical (unpaired) electrons. The third kappa shape index (κ3) is 3.55. The fourth-order valence-corrected chi connectivity index (χ4v) is 6.92. The zero-order chi connectivity index (χ0) is 25.0. The second-order valence-corrected chi connectivity index (χ2v) is 11.0. The van der Waals surface area contributed by atoms with Crippen molar-refractivity contribution in [1.29, 1.82) is 0 Å². The Morgan fingerprint density at radius 2 is 1.97 bits per heavy atom. The van der Waals surface area contributed by atoms with Crippen LogP contribution in [0.15, 0.2) is 47.1 Å². The van der Waals surface area contributed by atoms with Gasteiger partial charge in [-0.1, -0.05) is 22.0 Å². The highest BCUT2D eigenvalue weighted by molar-refractivity contribution is 9.10. The summed E-state index contributed by atoms with van der Waals surface area (Å²) in [5.74, 6) is -0.0732. The number of H-pyrrole nitrogens is 1. The minimum Gasteiger partial charge on any atom is -0.339 e. The first-order valence-corrected chi connectivity index (χ1v) is 13.3. The molecule has 1 aromatic heterocycles. The van der Waals surface area contributed by atoms with E-state index in [2.05, 4.69) is 33.1 Å². The molecular weight excluding hydrogens is 522 g/mol. The Balaban J connectivity index is 1.25. The summed E-state index contributed by atoms with van der Waals surface area (Å²) in [6.45, 7) is 3.82. The maximum atomic E-state index is 14.0. The lowest BCUT2D eigenvalue weighted by Gasteiger charge is -2.39. The molecule has 1 N–H and O–H groups in total. The summed E-state index contributed by atoms with van der Waals surface area (Å²) < 4.78 is 0.878. The largest absolute Gasteiger partial charge is 0.339 e. The molecule has 4 heterocycles. The van der Waals surface area contributed by atoms with Crippen molar-refractivity contribution in [2.75, 3.05) is 31.1 Å². The number of aromatic amines is 1. The van der Waals surface area contributed by atoms with E-state index in [0.717, 1.165) is 46.0 Å². The molecule has 3 amide bonds. The zero-order valence-corrected chi connectivity index (χ0v) is 21.8. The minimum atomic E-state index is -0.738. The zero-order valence-electron chi connectivity index (χ0n) is 20.2. The van der Waals surface area contributed by atoms with Gasteiger partial charge < -0.3 is 14.7 Å². The Labute approximate surface area is 217 Å². The van der Waals surface area contributed by atoms with Crippen LogP contribution in [0.1, 0.15) is 48.5 Å². The van der Waals surface area contributed by atoms with Crippen LogP contribution in [0.3, 0.4) is 0 Å². The summed E-state index contributed by atoms with van der Waals surface area (Å²) in [6, 6.07) is 11.5. The monoisotopic (exact) mass is 549 g/mol. The van der Waals surface area contributed by atoms with Crippen LogP contribution in [0.5, 0.6) is 0 Å². The van der Waals surface area contributed by atoms with Gasteiger partial charge in [0.25, 0.3) is 5.91 Å². The number of hydrogen-bond acceptors (Lipinski definition) is 4. The van der Waals surface area contributed by atoms with Crippen LogP contribution < -0.4 is 4.90 Å². The summed E-state index contributed by atoms with van der Waals surface area (Å²) in [7, 11) is 0. The van der Waals surface area contributed by atoms with Crippen molar-refractivity contribution < 1.29 is 14.4 Å². The van der Waals surface area contributed by atoms with Crippen LogP contribution in [0.2, 0.25) is 0 Å². The number of benzene rings is 2. The van der Waals surface area contributed by atoms with Gasteiger partial charge in [0.2, 0.25) is 11.8 Å². The van der Waals surface area contributed by atoms with Gasteiger partial charge in [-0.15, -0.1) is 0 Å². The van der Waals surface area contributed by atoms with Crippen molar-refractivity contribution in [2.45, 2.75) is 44.1 Å². The molecule has 0 saturated carbocycles. The van der Waals surface area contributed by atoms with Gasteiger partial charge >= 0.3 is 0 Å². The molecule has 186 valence electrons. The molecule has 1 atom stereocenters. The Kier molecular flexibility index (Phi) is 5.63. The van der Waals surface area contributed by atoms with E-state index in [1.807, 2.05) is 46.2 Å². The lowest BCUT2D eigenvalue weighted by atomic mass is 9.73. The van der Waals surface area contributed by atoms with Gasteiger partial charge in [-0.2, -0.15) is 5.10 Å². The van der Waals surface area contributed by atoms with E-state index in [1.54, 1.807) is 11.1 Å². The molecule has 36 heavy (non-hydrogen) atoms. The number of hydrogen-bond donors (Lipinski definition) is 1. The van der Waals surface area contributed by atoms with E-state index in [4.69, 9.17) is 0 Å². The summed E-state index contributed by atoms with van der Waals surface area (Å²) in [5, 5.41) is 7.83. The predicted molar refractivity (Wildman–Crippen MR) is 140 cm³/mol. The number of fused-ring (bicyclic) bond motifs is 3. The van der Waals surface area contributed by atoms with Gasteiger partial charge in [0, 0.05) is 52.3 Å². The summed E-state index contributed by atoms with van der Waals surface area (Å²) in [5.41, 5.74) is 2.52. The third-order valence-electron chi connectivity index (χ3n) is 8.17. The van der Waals surface area contributed by atoms with Crippen LogP contribution >= 0.6 is 15.9 Å². The fourth-order valence-electron chi connectivity index (χ4n) is 6.19. The van der Waals surface area contributed by atoms with Crippen LogP contribution in [0.4, 0.5) is 5.69 Å². The highest BCUT2D eigenvalue weighted by atomic mass is 79.9. The normalized spacial score (nSPS) is 21.0. The number of amides is 3. The quantitative estimate of drug-likeness (QED) is 0.537. The number of anilines is 1. The smallest absolute Gasteiger partial charge is 0.253 e. The average molecular weight is 550 g/mol. The molecule has 6 rings (SSSR count). The minimum absolute atomic E-state index is 0.00132. The summed E-state index contributed by atoms with van der Waals surface area (Å²) >= 11 is 3.69. The van der Waals surface area contributed by atoms with E-state index >= 15 is 0 Å². The van der Waals surface area contributed by atoms with Gasteiger partial charge in [-0.3, -0.25) is 19.5 Å². The molecule has 2 saturated heterocycles. The molecule has 0 aliphatic carbocycles. The second-order valence-electron chi connectivity index (χ2n) is 10.1. The number of likely N-dealkylation sites (tertiary alicyclic amines) is 2. The highest BCUT2D eigenvalue weighted by Crippen LogP contribution is 2.51. The standard InChI is InChI=1S/C27H28BrN5O3/c1-17-4-3-11-32(17)23(34)16-33-22-6-2-5-20(28)24(22)27(26(33)36)9-12-31(13-10-27)25(35)18-7-8-21-19(14-18)15-29-30-21/h2,5-8,14-15,17H,3-4,9-13,16H2,1H3,(H,29,30)/t17-/m1/s1. The molecule has 0 bridgehead atoms. The second kappa shape index (κ2) is 8.73. The van der Waals surface area contributed by atoms with Gasteiger partial charge in [0.15, 0.2) is 0 Å². The Morgan fingerprint density at radius 3 is 2.72 bits per heavy atom. The van der Waals surface area contributed by atoms with Gasteiger partial charge in [0.1, 0.15) is 6.54 Å². The van der Waals surface area contributed by atoms with E-state index in [9.17, 15) is 14.4 Å². The number of nitrogens with one attached hydrogen (secondary N) is 1. The maximum Gasteiger partial charge on any atom is 0.253 e. The Bertz CT molecular complexity index is 1380. The SMILES string of the molecule is C[C@@H]1CCCN1C(=O)CN1C(=O)C2(CCN(C(=O)c3ccc4[nH]ncc4c3)CC2)c2c(Br)cccc21. The number of carbonyl (C=O) groups is 3. The number of piperidine rings is 1. The Hall–Kier alpha value is -3.20. The van der Waals surface area contributed by atoms with Crippen molar-refractivity contribution in [2.24, 2.45) is 0 Å². The molecule has 3 aromatic rings. The molecular formula is C27H28BrN5O3. The molecule has 3 aliphatic heterocycles. The molecule has 3 aliphatic rings. The molecule has 8 nitrogen and oxygen atoms in total. The number of nitrogens with zero attached hydrogens (tertiary/aromatic N) is 4. The van der Waals surface area contributed by atoms with E-state index in [1.165, 1.54) is 0 Å². The predicted octanol–water partition coefficient (Wildman–Crippen LogP) is 3.86. The molecule has 9 heteroatoms. The lowest BCUT2D eigenvalue weighted by molar-refractivity contribution is -0.133. The maximum absolute atomic E-state index is 14.0. The Morgan fingerprint density at radius 1 is 1.17 bits per heavy atom. The van der Waals surface area contributed by atoms with Crippen LogP contribution in [0.25, 0.3) is 10.9 Å². The molecule has 1 spiro atoms. The topological polar surface area (TPSA) is 89.6 Å². The van der Waals surface area contributed by atoms with E-state index < -0.39 is 5.41 Å². The van der Waals surface area contributed by atoms with Gasteiger partial charge in [0.05, 0.1) is 17.1 Å². The number of aromatic nitrogens is 2. The van der Waals surface area contributed by atoms with Crippen molar-refractivity contribution in [3.63, 3.8) is 0 Å². The summed E-state index contributed by atoms with van der Waals surface area (Å²) in [4.78, 5) is 45.9. The van der Waals surface area contributed by atoms with Crippen LogP contribution in [-0.4, -0.2) is 69.9 Å². The van der Waals surface area contributed by atoms with E-state index in [-0.39, 0.29) is 30.3 Å². The molecule has 2 aromatic carbocycles. The molecule has 2 fully saturated rings. The van der Waals surface area contributed by atoms with Crippen LogP contribution in [-0.2, 0) is 15.0 Å². The van der Waals surface area contributed by atoms with Gasteiger partial charge in [-0.25, -0.2) is 0 Å². The first-order valence-electron chi connectivity index (χ1n) is 12.5. The number of carbonyl (C=O) groups excluding carboxylic acids is 3. The lowest BCUT2D eigenvalue weighted by Crippen LogP contribution is -2.51. The van der Waals surface area contributed by atoms with Crippen molar-refractivity contribution in [3.8, 4) is 0 Å². The van der Waals surface area contributed by atoms with Crippen molar-refractivity contribution >= 4 is 50.2 Å². The highest BCUT2D eigenvalue weighted by Gasteiger charge is 2.54. The van der Waals surface area contributed by atoms with Crippen molar-refractivity contribution in [3.05, 3.63) is 58.2 Å². The summed E-state index contributed by atoms with van der Waals surface area (Å²) in [6.07, 6.45) is 4.76. The fraction of sp³-hybridized carbons (Fsp3) is 0.407. The molecule has 0 unspecified atom stereocenters.